The standard InChI is InChI=1S/C10H15ClN2/c1-10(5-3-8(11)7-10)9-4-6-12-13(9)2/h4,6,8H,3,5,7H2,1-2H3. The van der Waals surface area contributed by atoms with Crippen LogP contribution >= 0.6 is 11.6 Å². The van der Waals surface area contributed by atoms with Gasteiger partial charge in [0.05, 0.1) is 0 Å². The zero-order chi connectivity index (χ0) is 9.47. The molecule has 0 spiro atoms. The summed E-state index contributed by atoms with van der Waals surface area (Å²) in [5.41, 5.74) is 1.56. The predicted molar refractivity (Wildman–Crippen MR) is 54.1 cm³/mol. The van der Waals surface area contributed by atoms with E-state index < -0.39 is 0 Å². The van der Waals surface area contributed by atoms with E-state index >= 15 is 0 Å². The highest BCUT2D eigenvalue weighted by Crippen LogP contribution is 2.42. The number of halogens is 1. The Hall–Kier alpha value is -0.500. The van der Waals surface area contributed by atoms with Gasteiger partial charge in [0.1, 0.15) is 0 Å². The van der Waals surface area contributed by atoms with E-state index in [1.54, 1.807) is 0 Å². The zero-order valence-corrected chi connectivity index (χ0v) is 8.88. The first-order chi connectivity index (χ1) is 6.12. The molecule has 1 aromatic rings. The number of aryl methyl sites for hydroxylation is 1. The summed E-state index contributed by atoms with van der Waals surface area (Å²) in [5.74, 6) is 0. The van der Waals surface area contributed by atoms with Crippen LogP contribution in [0.4, 0.5) is 0 Å². The maximum atomic E-state index is 6.14. The van der Waals surface area contributed by atoms with Gasteiger partial charge >= 0.3 is 0 Å². The third-order valence-electron chi connectivity index (χ3n) is 3.12. The van der Waals surface area contributed by atoms with Crippen molar-refractivity contribution in [3.05, 3.63) is 18.0 Å². The van der Waals surface area contributed by atoms with E-state index in [1.165, 1.54) is 12.1 Å². The summed E-state index contributed by atoms with van der Waals surface area (Å²) in [7, 11) is 2.00. The normalized spacial score (nSPS) is 33.9. The molecule has 72 valence electrons. The second kappa shape index (κ2) is 3.02. The smallest absolute Gasteiger partial charge is 0.0492 e. The molecule has 0 bridgehead atoms. The van der Waals surface area contributed by atoms with Gasteiger partial charge in [-0.25, -0.2) is 0 Å². The minimum absolute atomic E-state index is 0.248. The lowest BCUT2D eigenvalue weighted by atomic mass is 9.85. The first-order valence-electron chi connectivity index (χ1n) is 4.74. The second-order valence-corrected chi connectivity index (χ2v) is 4.86. The van der Waals surface area contributed by atoms with E-state index in [9.17, 15) is 0 Å². The molecule has 1 saturated carbocycles. The third kappa shape index (κ3) is 1.48. The first kappa shape index (κ1) is 9.07. The van der Waals surface area contributed by atoms with Gasteiger partial charge in [0.25, 0.3) is 0 Å². The van der Waals surface area contributed by atoms with Crippen LogP contribution in [0.2, 0.25) is 0 Å². The summed E-state index contributed by atoms with van der Waals surface area (Å²) < 4.78 is 1.97. The van der Waals surface area contributed by atoms with E-state index in [1.807, 2.05) is 17.9 Å². The first-order valence-corrected chi connectivity index (χ1v) is 5.18. The number of rotatable bonds is 1. The summed E-state index contributed by atoms with van der Waals surface area (Å²) >= 11 is 6.14. The van der Waals surface area contributed by atoms with Crippen LogP contribution in [0.25, 0.3) is 0 Å². The van der Waals surface area contributed by atoms with Gasteiger partial charge in [0.2, 0.25) is 0 Å². The van der Waals surface area contributed by atoms with Crippen molar-refractivity contribution in [1.29, 1.82) is 0 Å². The summed E-state index contributed by atoms with van der Waals surface area (Å²) in [6.45, 7) is 2.28. The van der Waals surface area contributed by atoms with E-state index in [-0.39, 0.29) is 5.41 Å². The minimum atomic E-state index is 0.248. The average molecular weight is 199 g/mol. The molecule has 1 aliphatic rings. The minimum Gasteiger partial charge on any atom is -0.272 e. The number of alkyl halides is 1. The molecular formula is C10H15ClN2. The molecule has 2 rings (SSSR count). The molecule has 1 fully saturated rings. The van der Waals surface area contributed by atoms with Crippen LogP contribution in [0.5, 0.6) is 0 Å². The maximum absolute atomic E-state index is 6.14. The molecular weight excluding hydrogens is 184 g/mol. The lowest BCUT2D eigenvalue weighted by molar-refractivity contribution is 0.449. The Morgan fingerprint density at radius 2 is 2.46 bits per heavy atom. The van der Waals surface area contributed by atoms with Crippen LogP contribution in [0.3, 0.4) is 0 Å². The molecule has 2 unspecified atom stereocenters. The topological polar surface area (TPSA) is 17.8 Å². The molecule has 13 heavy (non-hydrogen) atoms. The largest absolute Gasteiger partial charge is 0.272 e. The van der Waals surface area contributed by atoms with E-state index in [0.717, 1.165) is 12.8 Å². The van der Waals surface area contributed by atoms with Crippen molar-refractivity contribution in [3.63, 3.8) is 0 Å². The predicted octanol–water partition coefficient (Wildman–Crippen LogP) is 2.47. The third-order valence-corrected chi connectivity index (χ3v) is 3.49. The summed E-state index contributed by atoms with van der Waals surface area (Å²) in [6, 6.07) is 2.11. The van der Waals surface area contributed by atoms with Crippen molar-refractivity contribution >= 4 is 11.6 Å². The average Bonchev–Trinajstić information content (AvgIpc) is 2.59. The number of aromatic nitrogens is 2. The molecule has 0 radical (unpaired) electrons. The quantitative estimate of drug-likeness (QED) is 0.634. The van der Waals surface area contributed by atoms with Crippen LogP contribution in [-0.4, -0.2) is 15.2 Å². The van der Waals surface area contributed by atoms with Crippen molar-refractivity contribution < 1.29 is 0 Å². The van der Waals surface area contributed by atoms with Crippen LogP contribution < -0.4 is 0 Å². The summed E-state index contributed by atoms with van der Waals surface area (Å²) in [4.78, 5) is 0. The molecule has 0 aromatic carbocycles. The van der Waals surface area contributed by atoms with Crippen LogP contribution in [0.1, 0.15) is 31.9 Å². The molecule has 1 aliphatic carbocycles. The number of hydrogen-bond donors (Lipinski definition) is 0. The maximum Gasteiger partial charge on any atom is 0.0492 e. The highest BCUT2D eigenvalue weighted by molar-refractivity contribution is 6.20. The van der Waals surface area contributed by atoms with E-state index in [4.69, 9.17) is 11.6 Å². The molecule has 2 atom stereocenters. The van der Waals surface area contributed by atoms with Gasteiger partial charge in [-0.05, 0) is 25.3 Å². The molecule has 3 heteroatoms. The molecule has 1 heterocycles. The number of hydrogen-bond acceptors (Lipinski definition) is 1. The fourth-order valence-electron chi connectivity index (χ4n) is 2.37. The number of nitrogens with zero attached hydrogens (tertiary/aromatic N) is 2. The molecule has 1 aromatic heterocycles. The lowest BCUT2D eigenvalue weighted by Crippen LogP contribution is -2.21. The Bertz CT molecular complexity index is 308. The van der Waals surface area contributed by atoms with Gasteiger partial charge in [0, 0.05) is 29.7 Å². The van der Waals surface area contributed by atoms with Gasteiger partial charge < -0.3 is 0 Å². The Labute approximate surface area is 83.9 Å². The van der Waals surface area contributed by atoms with E-state index in [0.29, 0.717) is 5.38 Å². The van der Waals surface area contributed by atoms with Crippen molar-refractivity contribution in [3.8, 4) is 0 Å². The summed E-state index contributed by atoms with van der Waals surface area (Å²) in [6.07, 6.45) is 5.25. The highest BCUT2D eigenvalue weighted by atomic mass is 35.5. The Morgan fingerprint density at radius 3 is 2.92 bits per heavy atom. The molecule has 2 nitrogen and oxygen atoms in total. The molecule has 0 aliphatic heterocycles. The Balaban J connectivity index is 2.30. The summed E-state index contributed by atoms with van der Waals surface area (Å²) in [5, 5.41) is 4.55. The van der Waals surface area contributed by atoms with Gasteiger partial charge in [0.15, 0.2) is 0 Å². The fourth-order valence-corrected chi connectivity index (χ4v) is 2.82. The SMILES string of the molecule is Cn1nccc1C1(C)CCC(Cl)C1. The molecule has 0 amide bonds. The fraction of sp³-hybridized carbons (Fsp3) is 0.700. The van der Waals surface area contributed by atoms with Gasteiger partial charge in [-0.2, -0.15) is 5.10 Å². The van der Waals surface area contributed by atoms with Gasteiger partial charge in [-0.15, -0.1) is 11.6 Å². The van der Waals surface area contributed by atoms with Crippen molar-refractivity contribution in [2.24, 2.45) is 7.05 Å². The van der Waals surface area contributed by atoms with Gasteiger partial charge in [-0.3, -0.25) is 4.68 Å². The van der Waals surface area contributed by atoms with Gasteiger partial charge in [-0.1, -0.05) is 6.92 Å². The Morgan fingerprint density at radius 1 is 1.69 bits per heavy atom. The highest BCUT2D eigenvalue weighted by Gasteiger charge is 2.37. The second-order valence-electron chi connectivity index (χ2n) is 4.24. The van der Waals surface area contributed by atoms with Crippen LogP contribution in [0.15, 0.2) is 12.3 Å². The van der Waals surface area contributed by atoms with Crippen LogP contribution in [0, 0.1) is 0 Å². The molecule has 0 saturated heterocycles. The monoisotopic (exact) mass is 198 g/mol. The molecule has 0 N–H and O–H groups in total. The zero-order valence-electron chi connectivity index (χ0n) is 8.13. The van der Waals surface area contributed by atoms with Crippen molar-refractivity contribution in [1.82, 2.24) is 9.78 Å². The lowest BCUT2D eigenvalue weighted by Gasteiger charge is -2.23. The Kier molecular flexibility index (Phi) is 2.11. The van der Waals surface area contributed by atoms with Crippen molar-refractivity contribution in [2.75, 3.05) is 0 Å². The van der Waals surface area contributed by atoms with E-state index in [2.05, 4.69) is 18.1 Å². The van der Waals surface area contributed by atoms with Crippen LogP contribution in [-0.2, 0) is 12.5 Å². The van der Waals surface area contributed by atoms with Crippen molar-refractivity contribution in [2.45, 2.75) is 37.0 Å².